The highest BCUT2D eigenvalue weighted by Crippen LogP contribution is 2.29. The number of anilines is 1. The molecule has 1 atom stereocenters. The maximum absolute atomic E-state index is 12.6. The Bertz CT molecular complexity index is 995. The number of nitrogens with one attached hydrogen (secondary N) is 1. The SMILES string of the molecule is COC(=O)c1cc(C(=O)NCC2CCN(c3cc(Cl)ccc3C)C2)cc([N+](=O)[O-])c1. The zero-order chi connectivity index (χ0) is 21.8. The lowest BCUT2D eigenvalue weighted by atomic mass is 10.1. The van der Waals surface area contributed by atoms with Crippen LogP contribution < -0.4 is 10.2 Å². The van der Waals surface area contributed by atoms with Gasteiger partial charge in [-0.05, 0) is 43.0 Å². The van der Waals surface area contributed by atoms with E-state index in [-0.39, 0.29) is 22.7 Å². The lowest BCUT2D eigenvalue weighted by Crippen LogP contribution is -2.31. The van der Waals surface area contributed by atoms with Crippen molar-refractivity contribution in [2.75, 3.05) is 31.6 Å². The van der Waals surface area contributed by atoms with Crippen molar-refractivity contribution in [1.82, 2.24) is 5.32 Å². The lowest BCUT2D eigenvalue weighted by Gasteiger charge is -2.21. The summed E-state index contributed by atoms with van der Waals surface area (Å²) in [6.07, 6.45) is 0.897. The van der Waals surface area contributed by atoms with E-state index in [1.165, 1.54) is 13.2 Å². The highest BCUT2D eigenvalue weighted by atomic mass is 35.5. The number of nitrogens with zero attached hydrogens (tertiary/aromatic N) is 2. The Morgan fingerprint density at radius 2 is 2.00 bits per heavy atom. The Kier molecular flexibility index (Phi) is 6.56. The number of benzene rings is 2. The molecule has 1 aliphatic heterocycles. The molecule has 1 amide bonds. The molecule has 30 heavy (non-hydrogen) atoms. The Morgan fingerprint density at radius 3 is 2.70 bits per heavy atom. The standard InChI is InChI=1S/C21H22ClN3O5/c1-13-3-4-17(22)10-19(13)24-6-5-14(12-24)11-23-20(26)15-7-16(21(27)30-2)9-18(8-15)25(28)29/h3-4,7-10,14H,5-6,11-12H2,1-2H3,(H,23,26). The predicted octanol–water partition coefficient (Wildman–Crippen LogP) is 3.60. The quantitative estimate of drug-likeness (QED) is 0.426. The first-order valence-electron chi connectivity index (χ1n) is 9.45. The van der Waals surface area contributed by atoms with E-state index in [1.807, 2.05) is 25.1 Å². The Labute approximate surface area is 178 Å². The van der Waals surface area contributed by atoms with Crippen molar-refractivity contribution in [2.24, 2.45) is 5.92 Å². The largest absolute Gasteiger partial charge is 0.465 e. The molecular weight excluding hydrogens is 410 g/mol. The highest BCUT2D eigenvalue weighted by Gasteiger charge is 2.25. The molecule has 1 fully saturated rings. The molecule has 1 unspecified atom stereocenters. The van der Waals surface area contributed by atoms with Crippen molar-refractivity contribution in [3.63, 3.8) is 0 Å². The molecule has 0 aliphatic carbocycles. The summed E-state index contributed by atoms with van der Waals surface area (Å²) in [6, 6.07) is 9.31. The molecule has 8 nitrogen and oxygen atoms in total. The lowest BCUT2D eigenvalue weighted by molar-refractivity contribution is -0.384. The average molecular weight is 432 g/mol. The smallest absolute Gasteiger partial charge is 0.338 e. The van der Waals surface area contributed by atoms with Crippen molar-refractivity contribution >= 4 is 34.9 Å². The van der Waals surface area contributed by atoms with E-state index in [4.69, 9.17) is 11.6 Å². The molecule has 0 spiro atoms. The topological polar surface area (TPSA) is 102 Å². The van der Waals surface area contributed by atoms with Crippen LogP contribution in [0.25, 0.3) is 0 Å². The molecule has 2 aromatic carbocycles. The third-order valence-corrected chi connectivity index (χ3v) is 5.40. The number of hydrogen-bond donors (Lipinski definition) is 1. The van der Waals surface area contributed by atoms with E-state index in [0.29, 0.717) is 11.6 Å². The molecule has 3 rings (SSSR count). The van der Waals surface area contributed by atoms with Crippen molar-refractivity contribution in [2.45, 2.75) is 13.3 Å². The number of nitro benzene ring substituents is 1. The van der Waals surface area contributed by atoms with E-state index in [9.17, 15) is 19.7 Å². The monoisotopic (exact) mass is 431 g/mol. The Balaban J connectivity index is 1.66. The number of aryl methyl sites for hydroxylation is 1. The fourth-order valence-corrected chi connectivity index (χ4v) is 3.73. The second-order valence-corrected chi connectivity index (χ2v) is 7.70. The zero-order valence-corrected chi connectivity index (χ0v) is 17.4. The maximum atomic E-state index is 12.6. The molecule has 0 bridgehead atoms. The van der Waals surface area contributed by atoms with Crippen LogP contribution in [-0.4, -0.2) is 43.5 Å². The van der Waals surface area contributed by atoms with Gasteiger partial charge in [0.15, 0.2) is 0 Å². The first kappa shape index (κ1) is 21.6. The van der Waals surface area contributed by atoms with Crippen LogP contribution in [0.5, 0.6) is 0 Å². The van der Waals surface area contributed by atoms with E-state index < -0.39 is 16.8 Å². The summed E-state index contributed by atoms with van der Waals surface area (Å²) in [5.74, 6) is -0.983. The zero-order valence-electron chi connectivity index (χ0n) is 16.7. The van der Waals surface area contributed by atoms with Crippen molar-refractivity contribution in [1.29, 1.82) is 0 Å². The number of carbonyl (C=O) groups is 2. The average Bonchev–Trinajstić information content (AvgIpc) is 3.21. The summed E-state index contributed by atoms with van der Waals surface area (Å²) in [4.78, 5) is 37.1. The molecule has 9 heteroatoms. The van der Waals surface area contributed by atoms with Gasteiger partial charge in [0.05, 0.1) is 17.6 Å². The minimum atomic E-state index is -0.740. The van der Waals surface area contributed by atoms with Gasteiger partial charge in [-0.3, -0.25) is 14.9 Å². The Hall–Kier alpha value is -3.13. The van der Waals surface area contributed by atoms with Crippen LogP contribution >= 0.6 is 11.6 Å². The first-order chi connectivity index (χ1) is 14.3. The van der Waals surface area contributed by atoms with Crippen LogP contribution in [0.3, 0.4) is 0 Å². The third kappa shape index (κ3) is 4.88. The van der Waals surface area contributed by atoms with Crippen LogP contribution in [0.1, 0.15) is 32.7 Å². The number of ether oxygens (including phenoxy) is 1. The summed E-state index contributed by atoms with van der Waals surface area (Å²) in [5, 5.41) is 14.6. The van der Waals surface area contributed by atoms with Crippen molar-refractivity contribution in [3.8, 4) is 0 Å². The van der Waals surface area contributed by atoms with Gasteiger partial charge in [-0.15, -0.1) is 0 Å². The second-order valence-electron chi connectivity index (χ2n) is 7.26. The van der Waals surface area contributed by atoms with Crippen molar-refractivity contribution < 1.29 is 19.2 Å². The Morgan fingerprint density at radius 1 is 1.27 bits per heavy atom. The predicted molar refractivity (Wildman–Crippen MR) is 113 cm³/mol. The van der Waals surface area contributed by atoms with Gasteiger partial charge < -0.3 is 15.0 Å². The molecule has 0 aromatic heterocycles. The molecule has 1 heterocycles. The molecule has 2 aromatic rings. The summed E-state index contributed by atoms with van der Waals surface area (Å²) >= 11 is 6.12. The van der Waals surface area contributed by atoms with Gasteiger partial charge in [0.2, 0.25) is 0 Å². The summed E-state index contributed by atoms with van der Waals surface area (Å²) < 4.78 is 4.61. The van der Waals surface area contributed by atoms with Crippen LogP contribution in [0.2, 0.25) is 5.02 Å². The minimum Gasteiger partial charge on any atom is -0.465 e. The van der Waals surface area contributed by atoms with Crippen LogP contribution in [0, 0.1) is 23.0 Å². The number of non-ortho nitro benzene ring substituents is 1. The van der Waals surface area contributed by atoms with Gasteiger partial charge in [0.1, 0.15) is 0 Å². The number of amides is 1. The summed E-state index contributed by atoms with van der Waals surface area (Å²) in [5.41, 5.74) is 1.88. The fourth-order valence-electron chi connectivity index (χ4n) is 3.56. The van der Waals surface area contributed by atoms with E-state index in [2.05, 4.69) is 15.0 Å². The van der Waals surface area contributed by atoms with E-state index >= 15 is 0 Å². The number of methoxy groups -OCH3 is 1. The third-order valence-electron chi connectivity index (χ3n) is 5.16. The number of halogens is 1. The molecular formula is C21H22ClN3O5. The fraction of sp³-hybridized carbons (Fsp3) is 0.333. The highest BCUT2D eigenvalue weighted by molar-refractivity contribution is 6.30. The number of nitro groups is 1. The van der Waals surface area contributed by atoms with Gasteiger partial charge in [-0.25, -0.2) is 4.79 Å². The number of carbonyl (C=O) groups excluding carboxylic acids is 2. The van der Waals surface area contributed by atoms with E-state index in [1.54, 1.807) is 0 Å². The minimum absolute atomic E-state index is 0.0414. The van der Waals surface area contributed by atoms with Gasteiger partial charge in [0, 0.05) is 48.0 Å². The van der Waals surface area contributed by atoms with Crippen molar-refractivity contribution in [3.05, 3.63) is 68.2 Å². The number of hydrogen-bond acceptors (Lipinski definition) is 6. The van der Waals surface area contributed by atoms with Crippen LogP contribution in [-0.2, 0) is 4.74 Å². The summed E-state index contributed by atoms with van der Waals surface area (Å²) in [7, 11) is 1.17. The van der Waals surface area contributed by atoms with Gasteiger partial charge in [-0.1, -0.05) is 17.7 Å². The van der Waals surface area contributed by atoms with Crippen LogP contribution in [0.15, 0.2) is 36.4 Å². The van der Waals surface area contributed by atoms with Gasteiger partial charge in [0.25, 0.3) is 11.6 Å². The molecule has 1 N–H and O–H groups in total. The molecule has 1 aliphatic rings. The van der Waals surface area contributed by atoms with Gasteiger partial charge in [-0.2, -0.15) is 0 Å². The molecule has 1 saturated heterocycles. The molecule has 0 saturated carbocycles. The summed E-state index contributed by atoms with van der Waals surface area (Å²) in [6.45, 7) is 4.07. The molecule has 158 valence electrons. The second kappa shape index (κ2) is 9.13. The normalized spacial score (nSPS) is 15.7. The first-order valence-corrected chi connectivity index (χ1v) is 9.83. The van der Waals surface area contributed by atoms with Crippen LogP contribution in [0.4, 0.5) is 11.4 Å². The maximum Gasteiger partial charge on any atom is 0.338 e. The number of rotatable bonds is 6. The number of esters is 1. The molecule has 0 radical (unpaired) electrons. The van der Waals surface area contributed by atoms with E-state index in [0.717, 1.165) is 42.9 Å². The van der Waals surface area contributed by atoms with Gasteiger partial charge >= 0.3 is 5.97 Å².